The van der Waals surface area contributed by atoms with Crippen molar-refractivity contribution in [2.24, 2.45) is 0 Å². The molecule has 0 radical (unpaired) electrons. The van der Waals surface area contributed by atoms with E-state index in [-0.39, 0.29) is 5.91 Å². The van der Waals surface area contributed by atoms with Crippen molar-refractivity contribution in [1.82, 2.24) is 0 Å². The van der Waals surface area contributed by atoms with Gasteiger partial charge in [0.1, 0.15) is 0 Å². The highest BCUT2D eigenvalue weighted by atomic mass is 35.5. The second kappa shape index (κ2) is 6.63. The first-order valence-electron chi connectivity index (χ1n) is 7.94. The third kappa shape index (κ3) is 3.20. The number of benzene rings is 2. The van der Waals surface area contributed by atoms with Crippen LogP contribution in [0.25, 0.3) is 0 Å². The number of halogens is 1. The first-order valence-corrected chi connectivity index (χ1v) is 8.32. The van der Waals surface area contributed by atoms with E-state index in [2.05, 4.69) is 6.07 Å². The second-order valence-corrected chi connectivity index (χ2v) is 6.51. The summed E-state index contributed by atoms with van der Waals surface area (Å²) in [4.78, 5) is 16.9. The minimum absolute atomic E-state index is 0.0188. The molecule has 4 heteroatoms. The molecule has 0 bridgehead atoms. The van der Waals surface area contributed by atoms with E-state index >= 15 is 0 Å². The molecular weight excluding hydrogens is 308 g/mol. The predicted octanol–water partition coefficient (Wildman–Crippen LogP) is 4.39. The summed E-state index contributed by atoms with van der Waals surface area (Å²) in [5, 5.41) is 0.503. The number of carbonyl (C=O) groups is 1. The molecule has 1 aliphatic rings. The molecule has 0 fully saturated rings. The van der Waals surface area contributed by atoms with Crippen LogP contribution in [-0.4, -0.2) is 26.5 Å². The van der Waals surface area contributed by atoms with Crippen LogP contribution in [0.3, 0.4) is 0 Å². The van der Waals surface area contributed by atoms with Gasteiger partial charge in [0.15, 0.2) is 0 Å². The van der Waals surface area contributed by atoms with Crippen molar-refractivity contribution in [3.8, 4) is 0 Å². The Bertz CT molecular complexity index is 727. The van der Waals surface area contributed by atoms with Crippen molar-refractivity contribution in [3.05, 3.63) is 58.6 Å². The highest BCUT2D eigenvalue weighted by Crippen LogP contribution is 2.30. The summed E-state index contributed by atoms with van der Waals surface area (Å²) < 4.78 is 0. The van der Waals surface area contributed by atoms with E-state index in [4.69, 9.17) is 11.6 Å². The summed E-state index contributed by atoms with van der Waals surface area (Å²) in [6, 6.07) is 13.8. The summed E-state index contributed by atoms with van der Waals surface area (Å²) in [6.07, 6.45) is 3.13. The van der Waals surface area contributed by atoms with Crippen molar-refractivity contribution in [2.75, 3.05) is 30.4 Å². The summed E-state index contributed by atoms with van der Waals surface area (Å²) >= 11 is 6.38. The van der Waals surface area contributed by atoms with Gasteiger partial charge >= 0.3 is 0 Å². The lowest BCUT2D eigenvalue weighted by molar-refractivity contribution is 0.0987. The largest absolute Gasteiger partial charge is 0.378 e. The van der Waals surface area contributed by atoms with E-state index in [1.807, 2.05) is 60.3 Å². The minimum Gasteiger partial charge on any atom is -0.378 e. The predicted molar refractivity (Wildman–Crippen MR) is 96.8 cm³/mol. The fraction of sp³-hybridized carbons (Fsp3) is 0.316. The maximum absolute atomic E-state index is 13.0. The Morgan fingerprint density at radius 1 is 1.13 bits per heavy atom. The maximum Gasteiger partial charge on any atom is 0.259 e. The molecule has 1 amide bonds. The lowest BCUT2D eigenvalue weighted by atomic mass is 10.1. The smallest absolute Gasteiger partial charge is 0.259 e. The molecule has 23 heavy (non-hydrogen) atoms. The lowest BCUT2D eigenvalue weighted by Crippen LogP contribution is -2.32. The van der Waals surface area contributed by atoms with Gasteiger partial charge in [-0.3, -0.25) is 4.79 Å². The average molecular weight is 329 g/mol. The first-order chi connectivity index (χ1) is 11.1. The SMILES string of the molecule is CN(C)c1ccc(C(=O)N2CCCCc3ccccc32)c(Cl)c1. The van der Waals surface area contributed by atoms with Crippen LogP contribution in [-0.2, 0) is 6.42 Å². The summed E-state index contributed by atoms with van der Waals surface area (Å²) in [5.74, 6) is -0.0188. The zero-order valence-corrected chi connectivity index (χ0v) is 14.3. The van der Waals surface area contributed by atoms with Gasteiger partial charge in [0.2, 0.25) is 0 Å². The van der Waals surface area contributed by atoms with Crippen molar-refractivity contribution < 1.29 is 4.79 Å². The molecule has 0 atom stereocenters. The number of nitrogens with zero attached hydrogens (tertiary/aromatic N) is 2. The Morgan fingerprint density at radius 3 is 2.65 bits per heavy atom. The van der Waals surface area contributed by atoms with Crippen LogP contribution < -0.4 is 9.80 Å². The quantitative estimate of drug-likeness (QED) is 0.816. The zero-order valence-electron chi connectivity index (χ0n) is 13.6. The monoisotopic (exact) mass is 328 g/mol. The molecule has 0 N–H and O–H groups in total. The number of hydrogen-bond acceptors (Lipinski definition) is 2. The van der Waals surface area contributed by atoms with Gasteiger partial charge in [-0.05, 0) is 49.1 Å². The molecule has 1 aliphatic heterocycles. The lowest BCUT2D eigenvalue weighted by Gasteiger charge is -2.24. The van der Waals surface area contributed by atoms with Crippen LogP contribution >= 0.6 is 11.6 Å². The Balaban J connectivity index is 1.97. The van der Waals surface area contributed by atoms with Crippen LogP contribution in [0.1, 0.15) is 28.8 Å². The molecule has 1 heterocycles. The molecule has 3 nitrogen and oxygen atoms in total. The molecule has 2 aromatic carbocycles. The number of rotatable bonds is 2. The third-order valence-electron chi connectivity index (χ3n) is 4.30. The Labute approximate surface area is 142 Å². The molecular formula is C19H21ClN2O. The normalized spacial score (nSPS) is 14.1. The Hall–Kier alpha value is -2.00. The molecule has 0 unspecified atom stereocenters. The fourth-order valence-corrected chi connectivity index (χ4v) is 3.26. The van der Waals surface area contributed by atoms with Crippen molar-refractivity contribution >= 4 is 28.9 Å². The number of amides is 1. The number of fused-ring (bicyclic) bond motifs is 1. The van der Waals surface area contributed by atoms with Gasteiger partial charge in [0.05, 0.1) is 10.6 Å². The molecule has 0 aliphatic carbocycles. The number of para-hydroxylation sites is 1. The van der Waals surface area contributed by atoms with Crippen molar-refractivity contribution in [1.29, 1.82) is 0 Å². The van der Waals surface area contributed by atoms with Gasteiger partial charge in [-0.15, -0.1) is 0 Å². The molecule has 2 aromatic rings. The van der Waals surface area contributed by atoms with Crippen molar-refractivity contribution in [3.63, 3.8) is 0 Å². The topological polar surface area (TPSA) is 23.6 Å². The van der Waals surface area contributed by atoms with Gasteiger partial charge in [0.25, 0.3) is 5.91 Å². The summed E-state index contributed by atoms with van der Waals surface area (Å²) in [5.41, 5.74) is 3.80. The van der Waals surface area contributed by atoms with Crippen LogP contribution in [0.4, 0.5) is 11.4 Å². The highest BCUT2D eigenvalue weighted by Gasteiger charge is 2.23. The van der Waals surface area contributed by atoms with E-state index in [1.165, 1.54) is 5.56 Å². The number of carbonyl (C=O) groups excluding carboxylic acids is 1. The van der Waals surface area contributed by atoms with Gasteiger partial charge in [-0.2, -0.15) is 0 Å². The van der Waals surface area contributed by atoms with Crippen LogP contribution in [0.15, 0.2) is 42.5 Å². The fourth-order valence-electron chi connectivity index (χ4n) is 3.00. The van der Waals surface area contributed by atoms with E-state index in [9.17, 15) is 4.79 Å². The van der Waals surface area contributed by atoms with E-state index in [0.29, 0.717) is 10.6 Å². The molecule has 0 saturated heterocycles. The minimum atomic E-state index is -0.0188. The maximum atomic E-state index is 13.0. The molecule has 0 saturated carbocycles. The molecule has 0 aromatic heterocycles. The number of hydrogen-bond donors (Lipinski definition) is 0. The van der Waals surface area contributed by atoms with Gasteiger partial charge in [-0.1, -0.05) is 29.8 Å². The second-order valence-electron chi connectivity index (χ2n) is 6.10. The van der Waals surface area contributed by atoms with E-state index < -0.39 is 0 Å². The molecule has 3 rings (SSSR count). The van der Waals surface area contributed by atoms with Crippen molar-refractivity contribution in [2.45, 2.75) is 19.3 Å². The van der Waals surface area contributed by atoms with Crippen LogP contribution in [0.5, 0.6) is 0 Å². The zero-order chi connectivity index (χ0) is 16.4. The van der Waals surface area contributed by atoms with Crippen LogP contribution in [0, 0.1) is 0 Å². The molecule has 120 valence electrons. The Kier molecular flexibility index (Phi) is 4.58. The van der Waals surface area contributed by atoms with Gasteiger partial charge < -0.3 is 9.80 Å². The number of aryl methyl sites for hydroxylation is 1. The number of anilines is 2. The average Bonchev–Trinajstić information content (AvgIpc) is 2.76. The third-order valence-corrected chi connectivity index (χ3v) is 4.62. The first kappa shape index (κ1) is 15.9. The van der Waals surface area contributed by atoms with Gasteiger partial charge in [-0.25, -0.2) is 0 Å². The highest BCUT2D eigenvalue weighted by molar-refractivity contribution is 6.34. The standard InChI is InChI=1S/C19H21ClN2O/c1-21(2)15-10-11-16(17(20)13-15)19(23)22-12-6-5-8-14-7-3-4-9-18(14)22/h3-4,7,9-11,13H,5-6,8,12H2,1-2H3. The molecule has 0 spiro atoms. The van der Waals surface area contributed by atoms with E-state index in [1.54, 1.807) is 0 Å². The summed E-state index contributed by atoms with van der Waals surface area (Å²) in [7, 11) is 3.91. The Morgan fingerprint density at radius 2 is 1.91 bits per heavy atom. The summed E-state index contributed by atoms with van der Waals surface area (Å²) in [6.45, 7) is 0.738. The van der Waals surface area contributed by atoms with Gasteiger partial charge in [0, 0.05) is 32.0 Å². The van der Waals surface area contributed by atoms with E-state index in [0.717, 1.165) is 37.2 Å². The van der Waals surface area contributed by atoms with Crippen LogP contribution in [0.2, 0.25) is 5.02 Å².